The van der Waals surface area contributed by atoms with E-state index in [1.165, 1.54) is 39.0 Å². The summed E-state index contributed by atoms with van der Waals surface area (Å²) in [5.41, 5.74) is 13.7. The Morgan fingerprint density at radius 2 is 1.10 bits per heavy atom. The highest BCUT2D eigenvalue weighted by molar-refractivity contribution is 6.13. The molecule has 0 fully saturated rings. The second kappa shape index (κ2) is 10.9. The number of nitrogens with zero attached hydrogens (tertiary/aromatic N) is 2. The lowest BCUT2D eigenvalue weighted by molar-refractivity contribution is 0.597. The first-order valence-corrected chi connectivity index (χ1v) is 14.9. The van der Waals surface area contributed by atoms with Crippen LogP contribution >= 0.6 is 0 Å². The third-order valence-electron chi connectivity index (χ3n) is 8.41. The van der Waals surface area contributed by atoms with Gasteiger partial charge in [-0.3, -0.25) is 0 Å². The van der Waals surface area contributed by atoms with Gasteiger partial charge in [-0.25, -0.2) is 9.97 Å². The predicted octanol–water partition coefficient (Wildman–Crippen LogP) is 10.9. The molecule has 2 heterocycles. The minimum atomic E-state index is 0.566. The second-order valence-corrected chi connectivity index (χ2v) is 11.8. The number of rotatable bonds is 4. The second-order valence-electron chi connectivity index (χ2n) is 11.8. The van der Waals surface area contributed by atoms with Crippen molar-refractivity contribution in [1.29, 1.82) is 0 Å². The number of aryl methyl sites for hydroxylation is 1. The van der Waals surface area contributed by atoms with Crippen molar-refractivity contribution < 1.29 is 0 Å². The molecule has 0 bridgehead atoms. The maximum absolute atomic E-state index is 5.44. The number of allylic oxidation sites excluding steroid dienone is 4. The van der Waals surface area contributed by atoms with Gasteiger partial charge in [0, 0.05) is 16.3 Å². The molecule has 1 aliphatic carbocycles. The largest absolute Gasteiger partial charge is 0.246 e. The van der Waals surface area contributed by atoms with Gasteiger partial charge < -0.3 is 0 Å². The SMILES string of the molecule is CC1=CC=C(c2cc(-c3ccccc3)c3ccc4c(-c5ccccc5)cc(-c5ccc(C)cc5)nc4c3n2)CC(C)C1. The van der Waals surface area contributed by atoms with Crippen LogP contribution in [0.5, 0.6) is 0 Å². The number of pyridine rings is 2. The van der Waals surface area contributed by atoms with Crippen LogP contribution in [0.4, 0.5) is 0 Å². The molecule has 42 heavy (non-hydrogen) atoms. The van der Waals surface area contributed by atoms with Gasteiger partial charge in [-0.2, -0.15) is 0 Å². The predicted molar refractivity (Wildman–Crippen MR) is 178 cm³/mol. The lowest BCUT2D eigenvalue weighted by Crippen LogP contribution is -2.00. The molecule has 0 radical (unpaired) electrons. The van der Waals surface area contributed by atoms with E-state index in [2.05, 4.69) is 142 Å². The smallest absolute Gasteiger partial charge is 0.0978 e. The van der Waals surface area contributed by atoms with Crippen LogP contribution < -0.4 is 0 Å². The Labute approximate surface area is 248 Å². The van der Waals surface area contributed by atoms with Crippen molar-refractivity contribution in [1.82, 2.24) is 9.97 Å². The van der Waals surface area contributed by atoms with Crippen LogP contribution in [0.1, 0.15) is 37.9 Å². The highest BCUT2D eigenvalue weighted by atomic mass is 14.8. The molecule has 0 aliphatic heterocycles. The summed E-state index contributed by atoms with van der Waals surface area (Å²) < 4.78 is 0. The van der Waals surface area contributed by atoms with Crippen LogP contribution in [0.15, 0.2) is 127 Å². The van der Waals surface area contributed by atoms with Crippen LogP contribution in [-0.4, -0.2) is 9.97 Å². The highest BCUT2D eigenvalue weighted by Crippen LogP contribution is 2.40. The van der Waals surface area contributed by atoms with Crippen molar-refractivity contribution in [2.45, 2.75) is 33.6 Å². The van der Waals surface area contributed by atoms with Gasteiger partial charge in [-0.15, -0.1) is 0 Å². The normalized spacial score (nSPS) is 15.4. The molecule has 2 nitrogen and oxygen atoms in total. The summed E-state index contributed by atoms with van der Waals surface area (Å²) >= 11 is 0. The molecular formula is C40H34N2. The number of hydrogen-bond donors (Lipinski definition) is 0. The first kappa shape index (κ1) is 26.1. The van der Waals surface area contributed by atoms with E-state index in [1.54, 1.807) is 0 Å². The summed E-state index contributed by atoms with van der Waals surface area (Å²) in [6.07, 6.45) is 6.68. The number of fused-ring (bicyclic) bond motifs is 3. The monoisotopic (exact) mass is 542 g/mol. The van der Waals surface area contributed by atoms with E-state index in [9.17, 15) is 0 Å². The highest BCUT2D eigenvalue weighted by Gasteiger charge is 2.19. The minimum Gasteiger partial charge on any atom is -0.246 e. The van der Waals surface area contributed by atoms with Crippen molar-refractivity contribution in [2.24, 2.45) is 5.92 Å². The summed E-state index contributed by atoms with van der Waals surface area (Å²) in [5.74, 6) is 0.566. The molecule has 0 N–H and O–H groups in total. The maximum Gasteiger partial charge on any atom is 0.0978 e. The molecule has 0 amide bonds. The third kappa shape index (κ3) is 4.94. The summed E-state index contributed by atoms with van der Waals surface area (Å²) in [5, 5.41) is 2.24. The summed E-state index contributed by atoms with van der Waals surface area (Å²) in [4.78, 5) is 10.8. The van der Waals surface area contributed by atoms with Crippen molar-refractivity contribution in [3.8, 4) is 33.5 Å². The van der Waals surface area contributed by atoms with Gasteiger partial charge >= 0.3 is 0 Å². The molecule has 0 saturated carbocycles. The molecule has 0 saturated heterocycles. The summed E-state index contributed by atoms with van der Waals surface area (Å²) in [6, 6.07) is 39.0. The standard InChI is InChI=1S/C40H34N2/c1-26-14-17-31(18-15-26)37-24-35(29-10-6-4-7-11-29)33-20-21-34-36(30-12-8-5-9-13-30)25-38(42-40(34)39(33)41-37)32-19-16-27(2)22-28(3)23-32/h4-21,24-25,28H,22-23H2,1-3H3. The lowest BCUT2D eigenvalue weighted by atomic mass is 9.92. The third-order valence-corrected chi connectivity index (χ3v) is 8.41. The van der Waals surface area contributed by atoms with E-state index in [4.69, 9.17) is 9.97 Å². The Hall–Kier alpha value is -4.82. The Balaban J connectivity index is 1.58. The van der Waals surface area contributed by atoms with Crippen molar-refractivity contribution >= 4 is 27.4 Å². The first-order valence-electron chi connectivity index (χ1n) is 14.9. The van der Waals surface area contributed by atoms with E-state index in [0.717, 1.165) is 51.6 Å². The summed E-state index contributed by atoms with van der Waals surface area (Å²) in [6.45, 7) is 6.69. The molecule has 2 aromatic heterocycles. The molecule has 0 spiro atoms. The molecule has 7 rings (SSSR count). The average Bonchev–Trinajstić information content (AvgIpc) is 3.20. The quantitative estimate of drug-likeness (QED) is 0.207. The molecule has 1 atom stereocenters. The topological polar surface area (TPSA) is 25.8 Å². The lowest BCUT2D eigenvalue weighted by Gasteiger charge is -2.17. The Kier molecular flexibility index (Phi) is 6.76. The zero-order valence-electron chi connectivity index (χ0n) is 24.4. The van der Waals surface area contributed by atoms with Gasteiger partial charge in [0.2, 0.25) is 0 Å². The minimum absolute atomic E-state index is 0.566. The molecule has 4 aromatic carbocycles. The first-order chi connectivity index (χ1) is 20.5. The van der Waals surface area contributed by atoms with E-state index in [0.29, 0.717) is 5.92 Å². The van der Waals surface area contributed by atoms with Gasteiger partial charge in [0.1, 0.15) is 0 Å². The number of aromatic nitrogens is 2. The average molecular weight is 543 g/mol. The van der Waals surface area contributed by atoms with Gasteiger partial charge in [0.15, 0.2) is 0 Å². The fourth-order valence-corrected chi connectivity index (χ4v) is 6.29. The van der Waals surface area contributed by atoms with Gasteiger partial charge in [-0.05, 0) is 72.6 Å². The summed E-state index contributed by atoms with van der Waals surface area (Å²) in [7, 11) is 0. The van der Waals surface area contributed by atoms with E-state index >= 15 is 0 Å². The van der Waals surface area contributed by atoms with Crippen LogP contribution in [0, 0.1) is 12.8 Å². The van der Waals surface area contributed by atoms with Gasteiger partial charge in [0.25, 0.3) is 0 Å². The molecular weight excluding hydrogens is 508 g/mol. The fraction of sp³-hybridized carbons (Fsp3) is 0.150. The Morgan fingerprint density at radius 3 is 1.69 bits per heavy atom. The van der Waals surface area contributed by atoms with Gasteiger partial charge in [0.05, 0.1) is 22.4 Å². The zero-order chi connectivity index (χ0) is 28.6. The molecule has 2 heteroatoms. The molecule has 204 valence electrons. The number of hydrogen-bond acceptors (Lipinski definition) is 2. The van der Waals surface area contributed by atoms with Crippen LogP contribution in [-0.2, 0) is 0 Å². The maximum atomic E-state index is 5.44. The van der Waals surface area contributed by atoms with E-state index in [-0.39, 0.29) is 0 Å². The van der Waals surface area contributed by atoms with Crippen molar-refractivity contribution in [2.75, 3.05) is 0 Å². The van der Waals surface area contributed by atoms with Gasteiger partial charge in [-0.1, -0.05) is 127 Å². The fourth-order valence-electron chi connectivity index (χ4n) is 6.29. The molecule has 1 unspecified atom stereocenters. The molecule has 1 aliphatic rings. The Morgan fingerprint density at radius 1 is 0.548 bits per heavy atom. The van der Waals surface area contributed by atoms with E-state index in [1.807, 2.05) is 0 Å². The molecule has 6 aromatic rings. The van der Waals surface area contributed by atoms with Crippen molar-refractivity contribution in [3.63, 3.8) is 0 Å². The van der Waals surface area contributed by atoms with Crippen LogP contribution in [0.2, 0.25) is 0 Å². The zero-order valence-corrected chi connectivity index (χ0v) is 24.4. The number of benzene rings is 4. The van der Waals surface area contributed by atoms with Crippen LogP contribution in [0.3, 0.4) is 0 Å². The van der Waals surface area contributed by atoms with Crippen LogP contribution in [0.25, 0.3) is 60.9 Å². The van der Waals surface area contributed by atoms with E-state index < -0.39 is 0 Å². The Bertz CT molecular complexity index is 1980. The van der Waals surface area contributed by atoms with Crippen molar-refractivity contribution in [3.05, 3.63) is 138 Å².